The van der Waals surface area contributed by atoms with Crippen LogP contribution in [0.4, 0.5) is 0 Å². The van der Waals surface area contributed by atoms with Gasteiger partial charge in [0.1, 0.15) is 18.1 Å². The summed E-state index contributed by atoms with van der Waals surface area (Å²) in [5.41, 5.74) is 1.99. The molecule has 30 heavy (non-hydrogen) atoms. The number of nitrogens with zero attached hydrogens (tertiary/aromatic N) is 3. The normalized spacial score (nSPS) is 10.7. The van der Waals surface area contributed by atoms with Gasteiger partial charge in [-0.05, 0) is 0 Å². The molecule has 1 aromatic carbocycles. The Morgan fingerprint density at radius 1 is 1.10 bits per heavy atom. The molecule has 0 saturated heterocycles. The highest BCUT2D eigenvalue weighted by atomic mass is 16.5. The Labute approximate surface area is 170 Å². The number of rotatable bonds is 6. The van der Waals surface area contributed by atoms with Gasteiger partial charge in [-0.15, -0.1) is 0 Å². The quantitative estimate of drug-likeness (QED) is 0.490. The number of H-pyrrole nitrogens is 1. The maximum atomic E-state index is 12.5. The van der Waals surface area contributed by atoms with Crippen LogP contribution in [0.2, 0.25) is 0 Å². The van der Waals surface area contributed by atoms with Crippen LogP contribution in [0, 0.1) is 0 Å². The predicted molar refractivity (Wildman–Crippen MR) is 108 cm³/mol. The number of methoxy groups -OCH3 is 2. The number of aromatic nitrogens is 4. The monoisotopic (exact) mass is 406 g/mol. The maximum absolute atomic E-state index is 12.5. The number of benzene rings is 1. The van der Waals surface area contributed by atoms with E-state index in [2.05, 4.69) is 15.1 Å². The van der Waals surface area contributed by atoms with Crippen molar-refractivity contribution in [2.45, 2.75) is 6.61 Å². The molecule has 0 aliphatic carbocycles. The Kier molecular flexibility index (Phi) is 5.17. The SMILES string of the molecule is COc1cc(OC)c(COC(=O)c2cc3nc(-c4ccccc4)cc(=O)n3[nH]2)cn1. The first-order chi connectivity index (χ1) is 14.6. The zero-order valence-corrected chi connectivity index (χ0v) is 16.3. The third kappa shape index (κ3) is 3.72. The van der Waals surface area contributed by atoms with E-state index in [-0.39, 0.29) is 17.9 Å². The summed E-state index contributed by atoms with van der Waals surface area (Å²) in [5.74, 6) is 0.230. The zero-order chi connectivity index (χ0) is 21.1. The Balaban J connectivity index is 1.57. The van der Waals surface area contributed by atoms with Crippen LogP contribution in [0.5, 0.6) is 11.6 Å². The van der Waals surface area contributed by atoms with Crippen LogP contribution in [0.15, 0.2) is 59.5 Å². The minimum atomic E-state index is -0.640. The third-order valence-corrected chi connectivity index (χ3v) is 4.45. The average molecular weight is 406 g/mol. The van der Waals surface area contributed by atoms with E-state index in [9.17, 15) is 9.59 Å². The van der Waals surface area contributed by atoms with Crippen molar-refractivity contribution < 1.29 is 19.0 Å². The second kappa shape index (κ2) is 8.08. The van der Waals surface area contributed by atoms with Crippen molar-refractivity contribution in [3.63, 3.8) is 0 Å². The van der Waals surface area contributed by atoms with E-state index >= 15 is 0 Å². The van der Waals surface area contributed by atoms with Gasteiger partial charge in [-0.25, -0.2) is 19.3 Å². The molecule has 0 unspecified atom stereocenters. The van der Waals surface area contributed by atoms with Crippen molar-refractivity contribution in [2.24, 2.45) is 0 Å². The molecule has 0 bridgehead atoms. The molecule has 9 nitrogen and oxygen atoms in total. The average Bonchev–Trinajstić information content (AvgIpc) is 3.23. The van der Waals surface area contributed by atoms with Gasteiger partial charge < -0.3 is 14.2 Å². The number of carbonyl (C=O) groups excluding carboxylic acids is 1. The first kappa shape index (κ1) is 19.2. The second-order valence-electron chi connectivity index (χ2n) is 6.32. The summed E-state index contributed by atoms with van der Waals surface area (Å²) in [6, 6.07) is 13.8. The Morgan fingerprint density at radius 2 is 1.90 bits per heavy atom. The predicted octanol–water partition coefficient (Wildman–Crippen LogP) is 2.46. The summed E-state index contributed by atoms with van der Waals surface area (Å²) in [5, 5.41) is 2.73. The van der Waals surface area contributed by atoms with E-state index in [1.165, 1.54) is 37.1 Å². The van der Waals surface area contributed by atoms with Crippen molar-refractivity contribution in [1.29, 1.82) is 0 Å². The molecule has 0 amide bonds. The van der Waals surface area contributed by atoms with Gasteiger partial charge >= 0.3 is 5.97 Å². The van der Waals surface area contributed by atoms with Crippen LogP contribution in [0.25, 0.3) is 16.9 Å². The molecule has 0 aliphatic heterocycles. The fraction of sp³-hybridized carbons (Fsp3) is 0.143. The van der Waals surface area contributed by atoms with E-state index in [4.69, 9.17) is 14.2 Å². The number of aromatic amines is 1. The fourth-order valence-corrected chi connectivity index (χ4v) is 2.93. The Morgan fingerprint density at radius 3 is 2.63 bits per heavy atom. The van der Waals surface area contributed by atoms with Crippen LogP contribution in [-0.4, -0.2) is 39.8 Å². The molecular weight excluding hydrogens is 388 g/mol. The summed E-state index contributed by atoms with van der Waals surface area (Å²) in [6.07, 6.45) is 1.51. The Bertz CT molecular complexity index is 1260. The molecule has 3 aromatic heterocycles. The summed E-state index contributed by atoms with van der Waals surface area (Å²) < 4.78 is 16.9. The standard InChI is InChI=1S/C21H18N4O5/c1-28-17-10-19(29-2)22-11-14(17)12-30-21(27)16-8-18-23-15(9-20(26)25(18)24-16)13-6-4-3-5-7-13/h3-11,24H,12H2,1-2H3. The number of hydrogen-bond acceptors (Lipinski definition) is 7. The van der Waals surface area contributed by atoms with E-state index in [1.807, 2.05) is 30.3 Å². The van der Waals surface area contributed by atoms with E-state index in [0.29, 0.717) is 28.5 Å². The molecule has 0 atom stereocenters. The number of carbonyl (C=O) groups is 1. The van der Waals surface area contributed by atoms with Crippen molar-refractivity contribution in [3.05, 3.63) is 76.3 Å². The molecule has 0 fully saturated rings. The summed E-state index contributed by atoms with van der Waals surface area (Å²) in [4.78, 5) is 33.5. The van der Waals surface area contributed by atoms with Gasteiger partial charge in [-0.3, -0.25) is 9.89 Å². The molecule has 0 spiro atoms. The molecule has 0 radical (unpaired) electrons. The summed E-state index contributed by atoms with van der Waals surface area (Å²) >= 11 is 0. The highest BCUT2D eigenvalue weighted by molar-refractivity contribution is 5.88. The molecule has 152 valence electrons. The van der Waals surface area contributed by atoms with E-state index in [0.717, 1.165) is 5.56 Å². The summed E-state index contributed by atoms with van der Waals surface area (Å²) in [6.45, 7) is -0.0635. The van der Waals surface area contributed by atoms with Gasteiger partial charge in [0.25, 0.3) is 5.56 Å². The molecule has 3 heterocycles. The van der Waals surface area contributed by atoms with E-state index < -0.39 is 5.97 Å². The van der Waals surface area contributed by atoms with Crippen LogP contribution in [-0.2, 0) is 11.3 Å². The van der Waals surface area contributed by atoms with Gasteiger partial charge in [0.2, 0.25) is 5.88 Å². The highest BCUT2D eigenvalue weighted by Crippen LogP contribution is 2.23. The van der Waals surface area contributed by atoms with Gasteiger partial charge in [0, 0.05) is 30.0 Å². The molecule has 0 aliphatic rings. The number of pyridine rings is 1. The van der Waals surface area contributed by atoms with Gasteiger partial charge in [0.15, 0.2) is 5.65 Å². The van der Waals surface area contributed by atoms with Crippen LogP contribution in [0.3, 0.4) is 0 Å². The van der Waals surface area contributed by atoms with Gasteiger partial charge in [0.05, 0.1) is 25.5 Å². The lowest BCUT2D eigenvalue weighted by atomic mass is 10.1. The molecule has 4 aromatic rings. The van der Waals surface area contributed by atoms with Crippen molar-refractivity contribution in [3.8, 4) is 22.9 Å². The van der Waals surface area contributed by atoms with Crippen LogP contribution < -0.4 is 15.0 Å². The van der Waals surface area contributed by atoms with Crippen LogP contribution in [0.1, 0.15) is 16.1 Å². The minimum absolute atomic E-state index is 0.0635. The molecular formula is C21H18N4O5. The topological polar surface area (TPSA) is 108 Å². The minimum Gasteiger partial charge on any atom is -0.496 e. The smallest absolute Gasteiger partial charge is 0.356 e. The lowest BCUT2D eigenvalue weighted by molar-refractivity contribution is 0.0462. The number of ether oxygens (including phenoxy) is 3. The van der Waals surface area contributed by atoms with Crippen molar-refractivity contribution >= 4 is 11.6 Å². The lowest BCUT2D eigenvalue weighted by Crippen LogP contribution is -2.15. The number of fused-ring (bicyclic) bond motifs is 1. The third-order valence-electron chi connectivity index (χ3n) is 4.45. The maximum Gasteiger partial charge on any atom is 0.356 e. The highest BCUT2D eigenvalue weighted by Gasteiger charge is 2.16. The number of esters is 1. The summed E-state index contributed by atoms with van der Waals surface area (Å²) in [7, 11) is 3.00. The first-order valence-electron chi connectivity index (χ1n) is 9.01. The largest absolute Gasteiger partial charge is 0.496 e. The van der Waals surface area contributed by atoms with Crippen LogP contribution >= 0.6 is 0 Å². The molecule has 4 rings (SSSR count). The van der Waals surface area contributed by atoms with E-state index in [1.54, 1.807) is 6.07 Å². The second-order valence-corrected chi connectivity index (χ2v) is 6.32. The fourth-order valence-electron chi connectivity index (χ4n) is 2.93. The van der Waals surface area contributed by atoms with Crippen molar-refractivity contribution in [2.75, 3.05) is 14.2 Å². The van der Waals surface area contributed by atoms with Gasteiger partial charge in [-0.1, -0.05) is 30.3 Å². The van der Waals surface area contributed by atoms with Gasteiger partial charge in [-0.2, -0.15) is 0 Å². The zero-order valence-electron chi connectivity index (χ0n) is 16.3. The number of nitrogens with one attached hydrogen (secondary N) is 1. The number of hydrogen-bond donors (Lipinski definition) is 1. The molecule has 9 heteroatoms. The Hall–Kier alpha value is -4.14. The molecule has 0 saturated carbocycles. The van der Waals surface area contributed by atoms with Crippen molar-refractivity contribution in [1.82, 2.24) is 19.6 Å². The first-order valence-corrected chi connectivity index (χ1v) is 9.01. The lowest BCUT2D eigenvalue weighted by Gasteiger charge is -2.09. The molecule has 1 N–H and O–H groups in total.